The molecule has 0 aromatic rings. The fourth-order valence-electron chi connectivity index (χ4n) is 2.60. The summed E-state index contributed by atoms with van der Waals surface area (Å²) in [6, 6.07) is -0.262. The molecule has 1 aliphatic rings. The van der Waals surface area contributed by atoms with Gasteiger partial charge in [-0.25, -0.2) is 0 Å². The van der Waals surface area contributed by atoms with Crippen molar-refractivity contribution in [3.05, 3.63) is 12.2 Å². The van der Waals surface area contributed by atoms with Crippen molar-refractivity contribution in [3.63, 3.8) is 0 Å². The minimum absolute atomic E-state index is 0.00574. The molecule has 5 heteroatoms. The van der Waals surface area contributed by atoms with Crippen LogP contribution in [0.15, 0.2) is 12.2 Å². The SMILES string of the molecule is C=C(C)C[C@H](C)C(=O)N1C[C@H](OC)C[C@@H]1CC(=O)O. The van der Waals surface area contributed by atoms with E-state index in [1.165, 1.54) is 0 Å². The third-order valence-electron chi connectivity index (χ3n) is 3.48. The largest absolute Gasteiger partial charge is 0.481 e. The highest BCUT2D eigenvalue weighted by atomic mass is 16.5. The Kier molecular flexibility index (Phi) is 5.54. The number of allylic oxidation sites excluding steroid dienone is 1. The summed E-state index contributed by atoms with van der Waals surface area (Å²) in [5.41, 5.74) is 0.957. The molecule has 1 heterocycles. The van der Waals surface area contributed by atoms with Gasteiger partial charge in [-0.3, -0.25) is 9.59 Å². The number of hydrogen-bond donors (Lipinski definition) is 1. The van der Waals surface area contributed by atoms with E-state index in [-0.39, 0.29) is 30.4 Å². The molecule has 1 rings (SSSR count). The van der Waals surface area contributed by atoms with Crippen LogP contribution in [0.1, 0.15) is 33.1 Å². The number of rotatable bonds is 6. The molecule has 3 atom stereocenters. The molecule has 1 fully saturated rings. The highest BCUT2D eigenvalue weighted by Crippen LogP contribution is 2.26. The van der Waals surface area contributed by atoms with Crippen LogP contribution in [0.25, 0.3) is 0 Å². The van der Waals surface area contributed by atoms with Gasteiger partial charge < -0.3 is 14.7 Å². The van der Waals surface area contributed by atoms with Crippen LogP contribution in [0, 0.1) is 5.92 Å². The lowest BCUT2D eigenvalue weighted by Gasteiger charge is -2.26. The monoisotopic (exact) mass is 269 g/mol. The van der Waals surface area contributed by atoms with Crippen LogP contribution in [-0.2, 0) is 14.3 Å². The number of carboxylic acids is 1. The van der Waals surface area contributed by atoms with Gasteiger partial charge in [-0.05, 0) is 19.8 Å². The summed E-state index contributed by atoms with van der Waals surface area (Å²) in [5.74, 6) is -1.05. The lowest BCUT2D eigenvalue weighted by molar-refractivity contribution is -0.141. The van der Waals surface area contributed by atoms with Crippen molar-refractivity contribution in [2.45, 2.75) is 45.3 Å². The molecule has 108 valence electrons. The molecule has 0 bridgehead atoms. The third-order valence-corrected chi connectivity index (χ3v) is 3.48. The first-order valence-corrected chi connectivity index (χ1v) is 6.54. The van der Waals surface area contributed by atoms with Gasteiger partial charge in [0, 0.05) is 25.6 Å². The van der Waals surface area contributed by atoms with Gasteiger partial charge in [-0.15, -0.1) is 6.58 Å². The first kappa shape index (κ1) is 15.7. The third kappa shape index (κ3) is 4.35. The second kappa shape index (κ2) is 6.70. The standard InChI is InChI=1S/C14H23NO4/c1-9(2)5-10(3)14(18)15-8-12(19-4)6-11(15)7-13(16)17/h10-12H,1,5-8H2,2-4H3,(H,16,17)/t10-,11+,12+/m0/s1. The van der Waals surface area contributed by atoms with Crippen LogP contribution in [0.3, 0.4) is 0 Å². The maximum Gasteiger partial charge on any atom is 0.305 e. The van der Waals surface area contributed by atoms with E-state index in [0.29, 0.717) is 19.4 Å². The van der Waals surface area contributed by atoms with Gasteiger partial charge in [0.2, 0.25) is 5.91 Å². The minimum Gasteiger partial charge on any atom is -0.481 e. The van der Waals surface area contributed by atoms with Crippen LogP contribution in [0.2, 0.25) is 0 Å². The molecule has 0 spiro atoms. The normalized spacial score (nSPS) is 24.3. The number of carbonyl (C=O) groups is 2. The molecular formula is C14H23NO4. The van der Waals surface area contributed by atoms with Gasteiger partial charge in [0.25, 0.3) is 0 Å². The fraction of sp³-hybridized carbons (Fsp3) is 0.714. The number of amides is 1. The van der Waals surface area contributed by atoms with Crippen molar-refractivity contribution in [1.29, 1.82) is 0 Å². The maximum atomic E-state index is 12.4. The lowest BCUT2D eigenvalue weighted by atomic mass is 10.0. The Bertz CT molecular complexity index is 366. The summed E-state index contributed by atoms with van der Waals surface area (Å²) in [6.45, 7) is 8.04. The van der Waals surface area contributed by atoms with E-state index in [9.17, 15) is 9.59 Å². The number of methoxy groups -OCH3 is 1. The number of nitrogens with zero attached hydrogens (tertiary/aromatic N) is 1. The van der Waals surface area contributed by atoms with Crippen LogP contribution in [0.4, 0.5) is 0 Å². The highest BCUT2D eigenvalue weighted by molar-refractivity contribution is 5.80. The maximum absolute atomic E-state index is 12.4. The van der Waals surface area contributed by atoms with Crippen molar-refractivity contribution in [1.82, 2.24) is 4.90 Å². The molecule has 0 aliphatic carbocycles. The average Bonchev–Trinajstić information content (AvgIpc) is 2.69. The molecule has 5 nitrogen and oxygen atoms in total. The van der Waals surface area contributed by atoms with Crippen molar-refractivity contribution in [2.75, 3.05) is 13.7 Å². The number of carbonyl (C=O) groups excluding carboxylic acids is 1. The predicted octanol–water partition coefficient (Wildman–Crippen LogP) is 1.68. The van der Waals surface area contributed by atoms with E-state index in [1.54, 1.807) is 12.0 Å². The Morgan fingerprint density at radius 2 is 2.16 bits per heavy atom. The first-order chi connectivity index (χ1) is 8.85. The zero-order chi connectivity index (χ0) is 14.6. The van der Waals surface area contributed by atoms with E-state index < -0.39 is 5.97 Å². The number of likely N-dealkylation sites (tertiary alicyclic amines) is 1. The van der Waals surface area contributed by atoms with E-state index in [2.05, 4.69) is 6.58 Å². The van der Waals surface area contributed by atoms with Crippen LogP contribution < -0.4 is 0 Å². The molecule has 1 saturated heterocycles. The van der Waals surface area contributed by atoms with Gasteiger partial charge in [0.1, 0.15) is 0 Å². The summed E-state index contributed by atoms with van der Waals surface area (Å²) < 4.78 is 5.26. The summed E-state index contributed by atoms with van der Waals surface area (Å²) in [7, 11) is 1.59. The minimum atomic E-state index is -0.882. The van der Waals surface area contributed by atoms with Crippen molar-refractivity contribution >= 4 is 11.9 Å². The Morgan fingerprint density at radius 1 is 1.53 bits per heavy atom. The Labute approximate surface area is 114 Å². The average molecular weight is 269 g/mol. The van der Waals surface area contributed by atoms with Crippen molar-refractivity contribution in [2.24, 2.45) is 5.92 Å². The van der Waals surface area contributed by atoms with Gasteiger partial charge in [-0.1, -0.05) is 12.5 Å². The van der Waals surface area contributed by atoms with Crippen LogP contribution >= 0.6 is 0 Å². The molecule has 0 unspecified atom stereocenters. The quantitative estimate of drug-likeness (QED) is 0.745. The van der Waals surface area contributed by atoms with Crippen LogP contribution in [0.5, 0.6) is 0 Å². The zero-order valence-electron chi connectivity index (χ0n) is 11.9. The molecular weight excluding hydrogens is 246 g/mol. The topological polar surface area (TPSA) is 66.8 Å². The fourth-order valence-corrected chi connectivity index (χ4v) is 2.60. The van der Waals surface area contributed by atoms with Crippen LogP contribution in [-0.4, -0.2) is 47.7 Å². The van der Waals surface area contributed by atoms with Crippen molar-refractivity contribution < 1.29 is 19.4 Å². The molecule has 0 saturated carbocycles. The molecule has 1 N–H and O–H groups in total. The molecule has 0 radical (unpaired) electrons. The number of hydrogen-bond acceptors (Lipinski definition) is 3. The number of aliphatic carboxylic acids is 1. The van der Waals surface area contributed by atoms with E-state index in [0.717, 1.165) is 5.57 Å². The van der Waals surface area contributed by atoms with Gasteiger partial charge in [0.15, 0.2) is 0 Å². The Morgan fingerprint density at radius 3 is 2.63 bits per heavy atom. The van der Waals surface area contributed by atoms with E-state index in [4.69, 9.17) is 9.84 Å². The molecule has 19 heavy (non-hydrogen) atoms. The van der Waals surface area contributed by atoms with Crippen molar-refractivity contribution in [3.8, 4) is 0 Å². The predicted molar refractivity (Wildman–Crippen MR) is 71.8 cm³/mol. The smallest absolute Gasteiger partial charge is 0.305 e. The zero-order valence-corrected chi connectivity index (χ0v) is 11.9. The van der Waals surface area contributed by atoms with Gasteiger partial charge in [0.05, 0.1) is 12.5 Å². The summed E-state index contributed by atoms with van der Waals surface area (Å²) in [4.78, 5) is 24.9. The molecule has 0 aromatic carbocycles. The lowest BCUT2D eigenvalue weighted by Crippen LogP contribution is -2.40. The second-order valence-electron chi connectivity index (χ2n) is 5.40. The van der Waals surface area contributed by atoms with Gasteiger partial charge >= 0.3 is 5.97 Å². The van der Waals surface area contributed by atoms with E-state index >= 15 is 0 Å². The molecule has 1 amide bonds. The van der Waals surface area contributed by atoms with E-state index in [1.807, 2.05) is 13.8 Å². The number of ether oxygens (including phenoxy) is 1. The Balaban J connectivity index is 2.73. The summed E-state index contributed by atoms with van der Waals surface area (Å²) >= 11 is 0. The summed E-state index contributed by atoms with van der Waals surface area (Å²) in [6.07, 6.45) is 1.14. The Hall–Kier alpha value is -1.36. The highest BCUT2D eigenvalue weighted by Gasteiger charge is 2.37. The second-order valence-corrected chi connectivity index (χ2v) is 5.40. The molecule has 0 aromatic heterocycles. The summed E-state index contributed by atoms with van der Waals surface area (Å²) in [5, 5.41) is 8.92. The van der Waals surface area contributed by atoms with Gasteiger partial charge in [-0.2, -0.15) is 0 Å². The molecule has 1 aliphatic heterocycles. The number of carboxylic acid groups (broad SMARTS) is 1. The first-order valence-electron chi connectivity index (χ1n) is 6.54.